The number of thiazole rings is 1. The van der Waals surface area contributed by atoms with E-state index in [0.717, 1.165) is 21.5 Å². The highest BCUT2D eigenvalue weighted by Crippen LogP contribution is 2.27. The number of rotatable bonds is 9. The van der Waals surface area contributed by atoms with Crippen LogP contribution in [0, 0.1) is 0 Å². The lowest BCUT2D eigenvalue weighted by Crippen LogP contribution is -2.20. The fraction of sp³-hybridized carbons (Fsp3) is 0.364. The van der Waals surface area contributed by atoms with Crippen LogP contribution in [0.1, 0.15) is 25.8 Å². The predicted octanol–water partition coefficient (Wildman–Crippen LogP) is 4.20. The Balaban J connectivity index is 1.91. The molecule has 2 aromatic carbocycles. The molecule has 6 heteroatoms. The highest BCUT2D eigenvalue weighted by atomic mass is 32.1. The van der Waals surface area contributed by atoms with Gasteiger partial charge in [0.25, 0.3) is 0 Å². The first-order valence-corrected chi connectivity index (χ1v) is 10.5. The summed E-state index contributed by atoms with van der Waals surface area (Å²) in [6, 6.07) is 16.0. The zero-order valence-corrected chi connectivity index (χ0v) is 17.2. The molecular formula is C22H26N2O3S. The lowest BCUT2D eigenvalue weighted by molar-refractivity contribution is -0.118. The zero-order chi connectivity index (χ0) is 19.8. The summed E-state index contributed by atoms with van der Waals surface area (Å²) in [6.07, 6.45) is 1.08. The molecule has 0 atom stereocenters. The average Bonchev–Trinajstić information content (AvgIpc) is 3.06. The lowest BCUT2D eigenvalue weighted by Gasteiger charge is -2.09. The van der Waals surface area contributed by atoms with E-state index in [9.17, 15) is 4.79 Å². The Morgan fingerprint density at radius 1 is 1.07 bits per heavy atom. The maximum absolute atomic E-state index is 12.5. The molecule has 3 rings (SSSR count). The van der Waals surface area contributed by atoms with Crippen molar-refractivity contribution in [2.75, 3.05) is 19.8 Å². The van der Waals surface area contributed by atoms with Crippen molar-refractivity contribution in [3.63, 3.8) is 0 Å². The molecule has 1 aromatic heterocycles. The molecule has 0 fully saturated rings. The van der Waals surface area contributed by atoms with E-state index < -0.39 is 0 Å². The third-order valence-electron chi connectivity index (χ3n) is 4.32. The van der Waals surface area contributed by atoms with E-state index in [1.807, 2.05) is 66.9 Å². The first-order chi connectivity index (χ1) is 13.7. The SMILES string of the molecule is CCOCCn1c(=NC(=O)CCc2ccccc2)sc2cccc(OCC)c21. The van der Waals surface area contributed by atoms with E-state index in [-0.39, 0.29) is 5.91 Å². The van der Waals surface area contributed by atoms with Crippen molar-refractivity contribution in [3.05, 3.63) is 58.9 Å². The molecule has 148 valence electrons. The van der Waals surface area contributed by atoms with Crippen molar-refractivity contribution >= 4 is 27.5 Å². The summed E-state index contributed by atoms with van der Waals surface area (Å²) in [7, 11) is 0. The van der Waals surface area contributed by atoms with Gasteiger partial charge in [-0.1, -0.05) is 47.7 Å². The van der Waals surface area contributed by atoms with Crippen LogP contribution in [0.25, 0.3) is 10.2 Å². The Bertz CT molecular complexity index is 976. The quantitative estimate of drug-likeness (QED) is 0.508. The number of aryl methyl sites for hydroxylation is 1. The van der Waals surface area contributed by atoms with Gasteiger partial charge in [0.1, 0.15) is 11.3 Å². The lowest BCUT2D eigenvalue weighted by atomic mass is 10.1. The van der Waals surface area contributed by atoms with Crippen molar-refractivity contribution in [1.82, 2.24) is 4.57 Å². The monoisotopic (exact) mass is 398 g/mol. The van der Waals surface area contributed by atoms with Crippen molar-refractivity contribution in [3.8, 4) is 5.75 Å². The topological polar surface area (TPSA) is 52.8 Å². The summed E-state index contributed by atoms with van der Waals surface area (Å²) < 4.78 is 14.4. The van der Waals surface area contributed by atoms with E-state index >= 15 is 0 Å². The second kappa shape index (κ2) is 10.2. The van der Waals surface area contributed by atoms with Crippen molar-refractivity contribution < 1.29 is 14.3 Å². The molecule has 28 heavy (non-hydrogen) atoms. The summed E-state index contributed by atoms with van der Waals surface area (Å²) in [4.78, 5) is 17.6. The summed E-state index contributed by atoms with van der Waals surface area (Å²) in [6.45, 7) is 6.37. The minimum Gasteiger partial charge on any atom is -0.492 e. The molecule has 1 amide bonds. The number of aromatic nitrogens is 1. The van der Waals surface area contributed by atoms with Gasteiger partial charge in [-0.15, -0.1) is 0 Å². The highest BCUT2D eigenvalue weighted by molar-refractivity contribution is 7.16. The van der Waals surface area contributed by atoms with Crippen LogP contribution >= 0.6 is 11.3 Å². The number of hydrogen-bond donors (Lipinski definition) is 0. The first kappa shape index (κ1) is 20.3. The van der Waals surface area contributed by atoms with E-state index in [4.69, 9.17) is 9.47 Å². The molecular weight excluding hydrogens is 372 g/mol. The maximum atomic E-state index is 12.5. The fourth-order valence-corrected chi connectivity index (χ4v) is 4.11. The van der Waals surface area contributed by atoms with Gasteiger partial charge < -0.3 is 14.0 Å². The number of carbonyl (C=O) groups excluding carboxylic acids is 1. The summed E-state index contributed by atoms with van der Waals surface area (Å²) >= 11 is 1.51. The molecule has 0 aliphatic heterocycles. The number of carbonyl (C=O) groups is 1. The van der Waals surface area contributed by atoms with Crippen molar-refractivity contribution in [2.24, 2.45) is 4.99 Å². The third-order valence-corrected chi connectivity index (χ3v) is 5.36. The fourth-order valence-electron chi connectivity index (χ4n) is 3.02. The van der Waals surface area contributed by atoms with Gasteiger partial charge in [0.15, 0.2) is 4.80 Å². The van der Waals surface area contributed by atoms with Gasteiger partial charge in [-0.05, 0) is 38.0 Å². The van der Waals surface area contributed by atoms with Crippen LogP contribution < -0.4 is 9.54 Å². The molecule has 5 nitrogen and oxygen atoms in total. The van der Waals surface area contributed by atoms with Crippen LogP contribution in [0.2, 0.25) is 0 Å². The van der Waals surface area contributed by atoms with Crippen molar-refractivity contribution in [2.45, 2.75) is 33.2 Å². The van der Waals surface area contributed by atoms with Crippen LogP contribution in [0.3, 0.4) is 0 Å². The minimum atomic E-state index is -0.112. The molecule has 0 saturated carbocycles. The second-order valence-electron chi connectivity index (χ2n) is 6.26. The van der Waals surface area contributed by atoms with Gasteiger partial charge in [0, 0.05) is 19.6 Å². The number of fused-ring (bicyclic) bond motifs is 1. The van der Waals surface area contributed by atoms with E-state index in [1.54, 1.807) is 0 Å². The average molecular weight is 399 g/mol. The number of amides is 1. The maximum Gasteiger partial charge on any atom is 0.248 e. The molecule has 0 unspecified atom stereocenters. The van der Waals surface area contributed by atoms with Gasteiger partial charge in [-0.3, -0.25) is 4.79 Å². The van der Waals surface area contributed by atoms with E-state index in [0.29, 0.717) is 44.0 Å². The Labute approximate surface area is 169 Å². The first-order valence-electron chi connectivity index (χ1n) is 9.67. The van der Waals surface area contributed by atoms with E-state index in [2.05, 4.69) is 4.99 Å². The number of benzene rings is 2. The Kier molecular flexibility index (Phi) is 7.39. The second-order valence-corrected chi connectivity index (χ2v) is 7.27. The molecule has 1 heterocycles. The van der Waals surface area contributed by atoms with Gasteiger partial charge in [0.2, 0.25) is 5.91 Å². The Morgan fingerprint density at radius 3 is 2.64 bits per heavy atom. The summed E-state index contributed by atoms with van der Waals surface area (Å²) in [5, 5.41) is 0. The van der Waals surface area contributed by atoms with Crippen LogP contribution in [-0.4, -0.2) is 30.3 Å². The van der Waals surface area contributed by atoms with Gasteiger partial charge in [-0.2, -0.15) is 4.99 Å². The van der Waals surface area contributed by atoms with E-state index in [1.165, 1.54) is 11.3 Å². The normalized spacial score (nSPS) is 11.9. The number of hydrogen-bond acceptors (Lipinski definition) is 4. The predicted molar refractivity (Wildman–Crippen MR) is 113 cm³/mol. The molecule has 3 aromatic rings. The van der Waals surface area contributed by atoms with Crippen molar-refractivity contribution in [1.29, 1.82) is 0 Å². The van der Waals surface area contributed by atoms with Gasteiger partial charge in [-0.25, -0.2) is 0 Å². The zero-order valence-electron chi connectivity index (χ0n) is 16.4. The van der Waals surface area contributed by atoms with Crippen LogP contribution in [-0.2, 0) is 22.5 Å². The Morgan fingerprint density at radius 2 is 1.89 bits per heavy atom. The Hall–Kier alpha value is -2.44. The standard InChI is InChI=1S/C22H26N2O3S/c1-3-26-16-15-24-21-18(27-4-2)11-8-12-19(21)28-22(24)23-20(25)14-13-17-9-6-5-7-10-17/h5-12H,3-4,13-16H2,1-2H3. The minimum absolute atomic E-state index is 0.112. The number of nitrogens with zero attached hydrogens (tertiary/aromatic N) is 2. The summed E-state index contributed by atoms with van der Waals surface area (Å²) in [5.41, 5.74) is 2.12. The summed E-state index contributed by atoms with van der Waals surface area (Å²) in [5.74, 6) is 0.699. The van der Waals surface area contributed by atoms with Gasteiger partial charge in [0.05, 0.1) is 17.9 Å². The van der Waals surface area contributed by atoms with Crippen LogP contribution in [0.15, 0.2) is 53.5 Å². The molecule has 0 bridgehead atoms. The van der Waals surface area contributed by atoms with Gasteiger partial charge >= 0.3 is 0 Å². The number of ether oxygens (including phenoxy) is 2. The molecule has 0 spiro atoms. The molecule has 0 N–H and O–H groups in total. The molecule has 0 radical (unpaired) electrons. The smallest absolute Gasteiger partial charge is 0.248 e. The molecule has 0 aliphatic rings. The third kappa shape index (κ3) is 5.09. The highest BCUT2D eigenvalue weighted by Gasteiger charge is 2.12. The number of para-hydroxylation sites is 1. The van der Waals surface area contributed by atoms with Crippen LogP contribution in [0.4, 0.5) is 0 Å². The molecule has 0 saturated heterocycles. The van der Waals surface area contributed by atoms with Crippen LogP contribution in [0.5, 0.6) is 5.75 Å². The largest absolute Gasteiger partial charge is 0.492 e. The molecule has 0 aliphatic carbocycles.